The molecule has 0 spiro atoms. The first kappa shape index (κ1) is 17.3. The Hall–Kier alpha value is -0.0800. The monoisotopic (exact) mass is 348 g/mol. The number of thioether (sulfide) groups is 1. The van der Waals surface area contributed by atoms with Gasteiger partial charge in [0.25, 0.3) is 0 Å². The van der Waals surface area contributed by atoms with Crippen molar-refractivity contribution in [3.8, 4) is 0 Å². The summed E-state index contributed by atoms with van der Waals surface area (Å²) in [5.74, 6) is 1.10. The lowest BCUT2D eigenvalue weighted by molar-refractivity contribution is 0.554. The Morgan fingerprint density at radius 3 is 2.90 bits per heavy atom. The van der Waals surface area contributed by atoms with Gasteiger partial charge in [-0.3, -0.25) is 0 Å². The van der Waals surface area contributed by atoms with Gasteiger partial charge >= 0.3 is 0 Å². The SMILES string of the molecule is CCSC1CCC(NS(=O)(=O)c2ccc(CCNC)s2)C1. The Kier molecular flexibility index (Phi) is 6.55. The first-order valence-corrected chi connectivity index (χ1v) is 10.8. The van der Waals surface area contributed by atoms with Gasteiger partial charge in [0.05, 0.1) is 0 Å². The van der Waals surface area contributed by atoms with E-state index in [0.717, 1.165) is 42.9 Å². The summed E-state index contributed by atoms with van der Waals surface area (Å²) in [5.41, 5.74) is 0. The highest BCUT2D eigenvalue weighted by atomic mass is 32.2. The van der Waals surface area contributed by atoms with E-state index >= 15 is 0 Å². The van der Waals surface area contributed by atoms with Crippen LogP contribution in [0.5, 0.6) is 0 Å². The van der Waals surface area contributed by atoms with Crippen molar-refractivity contribution in [3.05, 3.63) is 17.0 Å². The number of nitrogens with one attached hydrogen (secondary N) is 2. The molecule has 1 aliphatic carbocycles. The van der Waals surface area contributed by atoms with Crippen LogP contribution in [-0.4, -0.2) is 39.1 Å². The van der Waals surface area contributed by atoms with E-state index in [4.69, 9.17) is 0 Å². The summed E-state index contributed by atoms with van der Waals surface area (Å²) in [6.45, 7) is 3.02. The molecule has 2 N–H and O–H groups in total. The highest BCUT2D eigenvalue weighted by molar-refractivity contribution is 7.99. The summed E-state index contributed by atoms with van der Waals surface area (Å²) in [4.78, 5) is 1.11. The number of rotatable bonds is 8. The number of hydrogen-bond donors (Lipinski definition) is 2. The van der Waals surface area contributed by atoms with Crippen LogP contribution >= 0.6 is 23.1 Å². The molecule has 120 valence electrons. The summed E-state index contributed by atoms with van der Waals surface area (Å²) in [6, 6.07) is 3.74. The molecule has 1 aliphatic rings. The molecule has 1 aromatic rings. The van der Waals surface area contributed by atoms with Gasteiger partial charge in [-0.2, -0.15) is 11.8 Å². The molecule has 1 fully saturated rings. The molecular weight excluding hydrogens is 324 g/mol. The van der Waals surface area contributed by atoms with E-state index in [2.05, 4.69) is 17.0 Å². The molecule has 0 amide bonds. The molecule has 0 aliphatic heterocycles. The van der Waals surface area contributed by atoms with E-state index in [0.29, 0.717) is 9.46 Å². The van der Waals surface area contributed by atoms with Gasteiger partial charge < -0.3 is 5.32 Å². The van der Waals surface area contributed by atoms with Gasteiger partial charge in [-0.1, -0.05) is 6.92 Å². The summed E-state index contributed by atoms with van der Waals surface area (Å²) < 4.78 is 28.2. The zero-order valence-electron chi connectivity index (χ0n) is 12.6. The van der Waals surface area contributed by atoms with Crippen LogP contribution in [0.3, 0.4) is 0 Å². The first-order chi connectivity index (χ1) is 10.0. The molecule has 0 saturated heterocycles. The zero-order valence-corrected chi connectivity index (χ0v) is 15.0. The Balaban J connectivity index is 1.94. The fourth-order valence-corrected chi connectivity index (χ4v) is 6.39. The molecular formula is C14H24N2O2S3. The minimum absolute atomic E-state index is 0.0990. The van der Waals surface area contributed by atoms with Crippen LogP contribution < -0.4 is 10.0 Å². The van der Waals surface area contributed by atoms with E-state index in [1.165, 1.54) is 11.3 Å². The van der Waals surface area contributed by atoms with E-state index in [1.807, 2.05) is 24.9 Å². The topological polar surface area (TPSA) is 58.2 Å². The van der Waals surface area contributed by atoms with Gasteiger partial charge in [0, 0.05) is 16.2 Å². The predicted octanol–water partition coefficient (Wildman–Crippen LogP) is 2.46. The number of sulfonamides is 1. The van der Waals surface area contributed by atoms with Gasteiger partial charge in [0.15, 0.2) is 0 Å². The number of thiophene rings is 1. The van der Waals surface area contributed by atoms with Crippen molar-refractivity contribution in [3.63, 3.8) is 0 Å². The van der Waals surface area contributed by atoms with Crippen LogP contribution in [0.1, 0.15) is 31.1 Å². The van der Waals surface area contributed by atoms with Gasteiger partial charge in [0.2, 0.25) is 10.0 Å². The van der Waals surface area contributed by atoms with Gasteiger partial charge in [-0.25, -0.2) is 13.1 Å². The van der Waals surface area contributed by atoms with Crippen molar-refractivity contribution in [2.45, 2.75) is 48.1 Å². The lowest BCUT2D eigenvalue weighted by atomic mass is 10.3. The van der Waals surface area contributed by atoms with Crippen molar-refractivity contribution in [1.29, 1.82) is 0 Å². The molecule has 1 heterocycles. The average Bonchev–Trinajstić information content (AvgIpc) is 3.06. The molecule has 0 radical (unpaired) electrons. The molecule has 21 heavy (non-hydrogen) atoms. The first-order valence-electron chi connectivity index (χ1n) is 7.42. The highest BCUT2D eigenvalue weighted by Crippen LogP contribution is 2.31. The molecule has 1 aromatic heterocycles. The van der Waals surface area contributed by atoms with Crippen molar-refractivity contribution in [2.24, 2.45) is 0 Å². The second-order valence-electron chi connectivity index (χ2n) is 5.28. The summed E-state index contributed by atoms with van der Waals surface area (Å²) in [6.07, 6.45) is 3.89. The van der Waals surface area contributed by atoms with E-state index < -0.39 is 10.0 Å². The molecule has 4 nitrogen and oxygen atoms in total. The highest BCUT2D eigenvalue weighted by Gasteiger charge is 2.29. The Labute approximate surface area is 136 Å². The standard InChI is InChI=1S/C14H24N2O2S3/c1-3-19-13-5-4-11(10-13)16-21(17,18)14-7-6-12(20-14)8-9-15-2/h6-7,11,13,15-16H,3-5,8-10H2,1-2H3. The third-order valence-electron chi connectivity index (χ3n) is 3.63. The Morgan fingerprint density at radius 1 is 1.38 bits per heavy atom. The van der Waals surface area contributed by atoms with E-state index in [-0.39, 0.29) is 6.04 Å². The third-order valence-corrected chi connectivity index (χ3v) is 8.02. The summed E-state index contributed by atoms with van der Waals surface area (Å²) >= 11 is 3.32. The summed E-state index contributed by atoms with van der Waals surface area (Å²) in [7, 11) is -1.45. The second-order valence-corrected chi connectivity index (χ2v) is 9.97. The normalized spacial score (nSPS) is 22.8. The maximum Gasteiger partial charge on any atom is 0.250 e. The predicted molar refractivity (Wildman–Crippen MR) is 91.8 cm³/mol. The molecule has 0 bridgehead atoms. The maximum atomic E-state index is 12.4. The van der Waals surface area contributed by atoms with Crippen molar-refractivity contribution in [2.75, 3.05) is 19.3 Å². The maximum absolute atomic E-state index is 12.4. The van der Waals surface area contributed by atoms with Gasteiger partial charge in [-0.05, 0) is 57.2 Å². The van der Waals surface area contributed by atoms with Crippen LogP contribution in [0.15, 0.2) is 16.3 Å². The lowest BCUT2D eigenvalue weighted by Crippen LogP contribution is -2.32. The van der Waals surface area contributed by atoms with Crippen LogP contribution in [-0.2, 0) is 16.4 Å². The fraction of sp³-hybridized carbons (Fsp3) is 0.714. The lowest BCUT2D eigenvalue weighted by Gasteiger charge is -2.12. The van der Waals surface area contributed by atoms with E-state index in [9.17, 15) is 8.42 Å². The van der Waals surface area contributed by atoms with E-state index in [1.54, 1.807) is 6.07 Å². The average molecular weight is 349 g/mol. The molecule has 2 atom stereocenters. The minimum Gasteiger partial charge on any atom is -0.319 e. The molecule has 2 rings (SSSR count). The van der Waals surface area contributed by atoms with Crippen LogP contribution in [0.25, 0.3) is 0 Å². The fourth-order valence-electron chi connectivity index (χ4n) is 2.60. The van der Waals surface area contributed by atoms with Crippen molar-refractivity contribution >= 4 is 33.1 Å². The Morgan fingerprint density at radius 2 is 2.19 bits per heavy atom. The van der Waals surface area contributed by atoms with Crippen molar-refractivity contribution in [1.82, 2.24) is 10.0 Å². The molecule has 2 unspecified atom stereocenters. The quantitative estimate of drug-likeness (QED) is 0.758. The molecule has 0 aromatic carbocycles. The second kappa shape index (κ2) is 7.97. The molecule has 7 heteroatoms. The smallest absolute Gasteiger partial charge is 0.250 e. The van der Waals surface area contributed by atoms with Crippen LogP contribution in [0.2, 0.25) is 0 Å². The summed E-state index contributed by atoms with van der Waals surface area (Å²) in [5, 5.41) is 3.69. The number of hydrogen-bond acceptors (Lipinski definition) is 5. The van der Waals surface area contributed by atoms with Gasteiger partial charge in [0.1, 0.15) is 4.21 Å². The largest absolute Gasteiger partial charge is 0.319 e. The minimum atomic E-state index is -3.35. The Bertz CT molecular complexity index is 542. The van der Waals surface area contributed by atoms with Gasteiger partial charge in [-0.15, -0.1) is 11.3 Å². The van der Waals surface area contributed by atoms with Crippen LogP contribution in [0.4, 0.5) is 0 Å². The molecule has 1 saturated carbocycles. The van der Waals surface area contributed by atoms with Crippen LogP contribution in [0, 0.1) is 0 Å². The number of likely N-dealkylation sites (N-methyl/N-ethyl adjacent to an activating group) is 1. The third kappa shape index (κ3) is 4.96. The van der Waals surface area contributed by atoms with Crippen molar-refractivity contribution < 1.29 is 8.42 Å². The zero-order chi connectivity index (χ0) is 15.3.